The lowest BCUT2D eigenvalue weighted by atomic mass is 9.99. The smallest absolute Gasteiger partial charge is 0.0693 e. The molecule has 4 heteroatoms. The molecular formula is C6H11O4-. The van der Waals surface area contributed by atoms with Crippen LogP contribution in [0.1, 0.15) is 19.8 Å². The molecule has 0 amide bonds. The van der Waals surface area contributed by atoms with Gasteiger partial charge in [0.25, 0.3) is 0 Å². The molecule has 0 aromatic heterocycles. The maximum atomic E-state index is 9.94. The Balaban J connectivity index is 3.74. The Kier molecular flexibility index (Phi) is 3.32. The van der Waals surface area contributed by atoms with Crippen molar-refractivity contribution in [3.05, 3.63) is 0 Å². The van der Waals surface area contributed by atoms with Crippen LogP contribution in [0.3, 0.4) is 0 Å². The zero-order valence-electron chi connectivity index (χ0n) is 5.83. The molecule has 0 bridgehead atoms. The summed E-state index contributed by atoms with van der Waals surface area (Å²) in [4.78, 5) is 9.94. The minimum absolute atomic E-state index is 0.0565. The number of aliphatic hydroxyl groups excluding tert-OH is 1. The van der Waals surface area contributed by atoms with Crippen LogP contribution in [0.15, 0.2) is 0 Å². The average molecular weight is 147 g/mol. The third-order valence-corrected chi connectivity index (χ3v) is 1.18. The summed E-state index contributed by atoms with van der Waals surface area (Å²) in [6.45, 7) is 1.12. The first kappa shape index (κ1) is 9.39. The lowest BCUT2D eigenvalue weighted by Crippen LogP contribution is -2.35. The van der Waals surface area contributed by atoms with Crippen LogP contribution in [0.25, 0.3) is 0 Å². The highest BCUT2D eigenvalue weighted by Gasteiger charge is 2.19. The number of aliphatic carboxylic acids is 1. The Hall–Kier alpha value is -0.610. The molecule has 0 aliphatic rings. The first-order chi connectivity index (χ1) is 4.48. The topological polar surface area (TPSA) is 80.6 Å². The highest BCUT2D eigenvalue weighted by molar-refractivity contribution is 5.65. The van der Waals surface area contributed by atoms with Crippen LogP contribution in [0.4, 0.5) is 0 Å². The molecule has 10 heavy (non-hydrogen) atoms. The molecule has 2 N–H and O–H groups in total. The van der Waals surface area contributed by atoms with E-state index in [0.717, 1.165) is 0 Å². The molecule has 60 valence electrons. The zero-order chi connectivity index (χ0) is 8.20. The molecule has 0 aliphatic carbocycles. The van der Waals surface area contributed by atoms with Crippen molar-refractivity contribution in [1.82, 2.24) is 0 Å². The molecular weight excluding hydrogens is 136 g/mol. The fourth-order valence-corrected chi connectivity index (χ4v) is 0.640. The number of rotatable bonds is 4. The van der Waals surface area contributed by atoms with E-state index in [-0.39, 0.29) is 13.0 Å². The van der Waals surface area contributed by atoms with E-state index in [0.29, 0.717) is 0 Å². The Morgan fingerprint density at radius 1 is 1.70 bits per heavy atom. The monoisotopic (exact) mass is 147 g/mol. The fraction of sp³-hybridized carbons (Fsp3) is 0.833. The Bertz CT molecular complexity index is 119. The number of hydrogen-bond acceptors (Lipinski definition) is 4. The van der Waals surface area contributed by atoms with Crippen LogP contribution < -0.4 is 5.11 Å². The van der Waals surface area contributed by atoms with Crippen LogP contribution in [0, 0.1) is 0 Å². The zero-order valence-corrected chi connectivity index (χ0v) is 5.83. The minimum Gasteiger partial charge on any atom is -0.550 e. The second-order valence-corrected chi connectivity index (χ2v) is 2.52. The van der Waals surface area contributed by atoms with Gasteiger partial charge in [-0.3, -0.25) is 0 Å². The molecule has 0 rings (SSSR count). The summed E-state index contributed by atoms with van der Waals surface area (Å²) < 4.78 is 0. The predicted octanol–water partition coefficient (Wildman–Crippen LogP) is -1.74. The quantitative estimate of drug-likeness (QED) is 0.494. The van der Waals surface area contributed by atoms with Crippen molar-refractivity contribution in [1.29, 1.82) is 0 Å². The predicted molar refractivity (Wildman–Crippen MR) is 32.0 cm³/mol. The SMILES string of the molecule is C[C@@](O)(CCO)CC(=O)[O-]. The molecule has 0 aliphatic heterocycles. The number of carbonyl (C=O) groups is 1. The third kappa shape index (κ3) is 4.29. The van der Waals surface area contributed by atoms with Gasteiger partial charge in [-0.2, -0.15) is 0 Å². The summed E-state index contributed by atoms with van der Waals surface area (Å²) >= 11 is 0. The number of carboxylic acids is 1. The van der Waals surface area contributed by atoms with Gasteiger partial charge in [-0.1, -0.05) is 0 Å². The van der Waals surface area contributed by atoms with E-state index in [1.54, 1.807) is 0 Å². The van der Waals surface area contributed by atoms with E-state index in [1.165, 1.54) is 6.92 Å². The van der Waals surface area contributed by atoms with Crippen molar-refractivity contribution < 1.29 is 20.1 Å². The molecule has 0 heterocycles. The molecule has 1 atom stereocenters. The van der Waals surface area contributed by atoms with Crippen LogP contribution in [-0.2, 0) is 4.79 Å². The van der Waals surface area contributed by atoms with E-state index in [2.05, 4.69) is 0 Å². The molecule has 0 saturated carbocycles. The molecule has 0 aromatic carbocycles. The van der Waals surface area contributed by atoms with Gasteiger partial charge in [-0.05, 0) is 13.3 Å². The van der Waals surface area contributed by atoms with Gasteiger partial charge in [0.15, 0.2) is 0 Å². The average Bonchev–Trinajstić information content (AvgIpc) is 1.59. The lowest BCUT2D eigenvalue weighted by molar-refractivity contribution is -0.309. The Labute approximate surface area is 59.1 Å². The maximum absolute atomic E-state index is 9.94. The van der Waals surface area contributed by atoms with Crippen molar-refractivity contribution in [2.24, 2.45) is 0 Å². The lowest BCUT2D eigenvalue weighted by Gasteiger charge is -2.22. The van der Waals surface area contributed by atoms with Crippen LogP contribution in [0.5, 0.6) is 0 Å². The van der Waals surface area contributed by atoms with E-state index >= 15 is 0 Å². The molecule has 4 nitrogen and oxygen atoms in total. The van der Waals surface area contributed by atoms with Gasteiger partial charge in [-0.25, -0.2) is 0 Å². The molecule has 0 spiro atoms. The van der Waals surface area contributed by atoms with E-state index in [1.807, 2.05) is 0 Å². The van der Waals surface area contributed by atoms with Gasteiger partial charge in [0.05, 0.1) is 5.60 Å². The van der Waals surface area contributed by atoms with Gasteiger partial charge >= 0.3 is 0 Å². The van der Waals surface area contributed by atoms with Crippen molar-refractivity contribution in [2.75, 3.05) is 6.61 Å². The summed E-state index contributed by atoms with van der Waals surface area (Å²) in [6, 6.07) is 0. The standard InChI is InChI=1S/C6H12O4/c1-6(10,2-3-7)4-5(8)9/h7,10H,2-4H2,1H3,(H,8,9)/p-1/t6-/m1/s1. The summed E-state index contributed by atoms with van der Waals surface area (Å²) in [5.41, 5.74) is -1.34. The van der Waals surface area contributed by atoms with Crippen molar-refractivity contribution >= 4 is 5.97 Å². The largest absolute Gasteiger partial charge is 0.550 e. The van der Waals surface area contributed by atoms with Crippen LogP contribution in [-0.4, -0.2) is 28.4 Å². The highest BCUT2D eigenvalue weighted by atomic mass is 16.4. The van der Waals surface area contributed by atoms with E-state index in [9.17, 15) is 9.90 Å². The van der Waals surface area contributed by atoms with Gasteiger partial charge in [0.1, 0.15) is 0 Å². The van der Waals surface area contributed by atoms with Crippen molar-refractivity contribution in [3.8, 4) is 0 Å². The third-order valence-electron chi connectivity index (χ3n) is 1.18. The molecule has 0 unspecified atom stereocenters. The second-order valence-electron chi connectivity index (χ2n) is 2.52. The van der Waals surface area contributed by atoms with Gasteiger partial charge in [-0.15, -0.1) is 0 Å². The number of aliphatic hydroxyl groups is 2. The normalized spacial score (nSPS) is 16.3. The fourth-order valence-electron chi connectivity index (χ4n) is 0.640. The molecule has 0 radical (unpaired) electrons. The van der Waals surface area contributed by atoms with Crippen LogP contribution in [0.2, 0.25) is 0 Å². The van der Waals surface area contributed by atoms with Crippen molar-refractivity contribution in [2.45, 2.75) is 25.4 Å². The molecule has 0 saturated heterocycles. The van der Waals surface area contributed by atoms with Gasteiger partial charge in [0, 0.05) is 19.0 Å². The minimum atomic E-state index is -1.34. The van der Waals surface area contributed by atoms with Gasteiger partial charge in [0.2, 0.25) is 0 Å². The summed E-state index contributed by atoms with van der Waals surface area (Å²) in [5.74, 6) is -1.31. The Morgan fingerprint density at radius 2 is 2.20 bits per heavy atom. The van der Waals surface area contributed by atoms with E-state index in [4.69, 9.17) is 10.2 Å². The summed E-state index contributed by atoms with van der Waals surface area (Å²) in [7, 11) is 0. The first-order valence-corrected chi connectivity index (χ1v) is 3.01. The van der Waals surface area contributed by atoms with Crippen molar-refractivity contribution in [3.63, 3.8) is 0 Å². The first-order valence-electron chi connectivity index (χ1n) is 3.01. The van der Waals surface area contributed by atoms with Crippen LogP contribution >= 0.6 is 0 Å². The number of hydrogen-bond donors (Lipinski definition) is 2. The molecule has 0 aromatic rings. The maximum Gasteiger partial charge on any atom is 0.0693 e. The number of carbonyl (C=O) groups excluding carboxylic acids is 1. The van der Waals surface area contributed by atoms with E-state index < -0.39 is 18.0 Å². The second kappa shape index (κ2) is 3.53. The van der Waals surface area contributed by atoms with Gasteiger partial charge < -0.3 is 20.1 Å². The highest BCUT2D eigenvalue weighted by Crippen LogP contribution is 2.12. The summed E-state index contributed by atoms with van der Waals surface area (Å²) in [5, 5.41) is 27.4. The molecule has 0 fully saturated rings. The number of carboxylic acid groups (broad SMARTS) is 1. The Morgan fingerprint density at radius 3 is 2.50 bits per heavy atom. The summed E-state index contributed by atoms with van der Waals surface area (Å²) in [6.07, 6.45) is -0.380.